The van der Waals surface area contributed by atoms with Crippen molar-refractivity contribution in [2.45, 2.75) is 4.90 Å². The zero-order valence-electron chi connectivity index (χ0n) is 23.5. The molecule has 0 aliphatic heterocycles. The fourth-order valence-corrected chi connectivity index (χ4v) is 14.0. The van der Waals surface area contributed by atoms with Crippen molar-refractivity contribution < 1.29 is 31.5 Å². The Balaban J connectivity index is 1.96. The van der Waals surface area contributed by atoms with Crippen LogP contribution in [-0.2, 0) is 23.6 Å². The first-order valence-corrected chi connectivity index (χ1v) is 16.9. The molecule has 0 amide bonds. The van der Waals surface area contributed by atoms with Crippen LogP contribution in [0.1, 0.15) is 20.7 Å². The van der Waals surface area contributed by atoms with Gasteiger partial charge in [0.05, 0.1) is 0 Å². The molecule has 5 aromatic rings. The van der Waals surface area contributed by atoms with E-state index in [1.807, 2.05) is 121 Å². The Kier molecular flexibility index (Phi) is 8.29. The molecule has 0 fully saturated rings. The first kappa shape index (κ1) is 29.9. The molecule has 0 heterocycles. The molecule has 0 aromatic heterocycles. The fourth-order valence-electron chi connectivity index (χ4n) is 5.37. The topological polar surface area (TPSA) is 96.0 Å². The Morgan fingerprint density at radius 2 is 0.814 bits per heavy atom. The third kappa shape index (κ3) is 5.04. The summed E-state index contributed by atoms with van der Waals surface area (Å²) >= 11 is 0. The van der Waals surface area contributed by atoms with Gasteiger partial charge in [0.2, 0.25) is 0 Å². The second-order valence-electron chi connectivity index (χ2n) is 9.64. The third-order valence-corrected chi connectivity index (χ3v) is 15.2. The van der Waals surface area contributed by atoms with Gasteiger partial charge in [-0.3, -0.25) is 0 Å². The average molecular weight is 613 g/mol. The summed E-state index contributed by atoms with van der Waals surface area (Å²) in [5.41, 5.74) is -0.293. The van der Waals surface area contributed by atoms with Crippen LogP contribution in [0.15, 0.2) is 144 Å². The Bertz CT molecular complexity index is 1660. The number of hydrogen-bond donors (Lipinski definition) is 0. The molecule has 5 aromatic carbocycles. The van der Waals surface area contributed by atoms with Crippen molar-refractivity contribution in [2.75, 3.05) is 14.2 Å². The molecule has 0 aliphatic carbocycles. The molecule has 0 saturated carbocycles. The molecule has 0 spiro atoms. The van der Waals surface area contributed by atoms with E-state index in [4.69, 9.17) is 13.4 Å². The number of hydrogen-bond acceptors (Lipinski definition) is 7. The molecule has 9 heteroatoms. The molecule has 43 heavy (non-hydrogen) atoms. The van der Waals surface area contributed by atoms with Gasteiger partial charge in [-0.2, -0.15) is 0 Å². The Hall–Kier alpha value is -4.62. The predicted molar refractivity (Wildman–Crippen MR) is 169 cm³/mol. The molecule has 0 aliphatic rings. The fraction of sp³-hybridized carbons (Fsp3) is 0.0588. The second kappa shape index (κ2) is 11.9. The molecule has 0 unspecified atom stereocenters. The molecule has 5 rings (SSSR count). The summed E-state index contributed by atoms with van der Waals surface area (Å²) < 4.78 is 46.1. The zero-order valence-corrected chi connectivity index (χ0v) is 25.2. The predicted octanol–water partition coefficient (Wildman–Crippen LogP) is 4.74. The summed E-state index contributed by atoms with van der Waals surface area (Å²) in [5.74, 6) is -1.64. The minimum atomic E-state index is -4.75. The van der Waals surface area contributed by atoms with Gasteiger partial charge in [0.1, 0.15) is 0 Å². The zero-order chi connectivity index (χ0) is 30.5. The van der Waals surface area contributed by atoms with E-state index in [9.17, 15) is 18.0 Å². The SMILES string of the molecule is COC(=O)c1cc(C(=O)OC)cc(S(=O)(=O)OP(c2ccccc2)(c2ccccc2)(c2ccccc2)c2ccccc2)c1. The summed E-state index contributed by atoms with van der Waals surface area (Å²) in [4.78, 5) is 24.8. The third-order valence-electron chi connectivity index (χ3n) is 7.28. The second-order valence-corrected chi connectivity index (χ2v) is 15.7. The Morgan fingerprint density at radius 3 is 1.09 bits per heavy atom. The maximum absolute atomic E-state index is 14.8. The summed E-state index contributed by atoms with van der Waals surface area (Å²) in [7, 11) is -2.42. The van der Waals surface area contributed by atoms with Crippen LogP contribution in [0.25, 0.3) is 0 Å². The van der Waals surface area contributed by atoms with Crippen molar-refractivity contribution in [1.82, 2.24) is 0 Å². The number of carbonyl (C=O) groups excluding carboxylic acids is 2. The van der Waals surface area contributed by atoms with Crippen molar-refractivity contribution in [1.29, 1.82) is 0 Å². The van der Waals surface area contributed by atoms with Crippen LogP contribution in [-0.4, -0.2) is 34.6 Å². The van der Waals surface area contributed by atoms with E-state index in [1.54, 1.807) is 0 Å². The van der Waals surface area contributed by atoms with Crippen molar-refractivity contribution in [3.8, 4) is 0 Å². The van der Waals surface area contributed by atoms with Gasteiger partial charge in [-0.15, -0.1) is 0 Å². The van der Waals surface area contributed by atoms with Crippen LogP contribution in [0.2, 0.25) is 0 Å². The van der Waals surface area contributed by atoms with Gasteiger partial charge in [-0.1, -0.05) is 0 Å². The summed E-state index contributed by atoms with van der Waals surface area (Å²) in [6, 6.07) is 40.6. The number of esters is 2. The monoisotopic (exact) mass is 612 g/mol. The Morgan fingerprint density at radius 1 is 0.512 bits per heavy atom. The average Bonchev–Trinajstić information content (AvgIpc) is 3.08. The molecule has 7 nitrogen and oxygen atoms in total. The van der Waals surface area contributed by atoms with Crippen LogP contribution < -0.4 is 21.2 Å². The maximum atomic E-state index is 14.8. The van der Waals surface area contributed by atoms with Crippen molar-refractivity contribution >= 4 is 50.1 Å². The van der Waals surface area contributed by atoms with E-state index in [1.165, 1.54) is 20.3 Å². The van der Waals surface area contributed by atoms with Crippen LogP contribution in [0.4, 0.5) is 0 Å². The van der Waals surface area contributed by atoms with Crippen molar-refractivity contribution in [3.05, 3.63) is 151 Å². The summed E-state index contributed by atoms with van der Waals surface area (Å²) in [5, 5.41) is 2.55. The molecule has 0 atom stereocenters. The van der Waals surface area contributed by atoms with E-state index >= 15 is 0 Å². The number of methoxy groups -OCH3 is 2. The van der Waals surface area contributed by atoms with E-state index in [0.717, 1.165) is 12.1 Å². The van der Waals surface area contributed by atoms with Crippen LogP contribution >= 0.6 is 6.83 Å². The molecular weight excluding hydrogens is 583 g/mol. The van der Waals surface area contributed by atoms with Gasteiger partial charge < -0.3 is 0 Å². The summed E-state index contributed by atoms with van der Waals surface area (Å²) in [6.07, 6.45) is 0. The number of ether oxygens (including phenoxy) is 2. The molecule has 0 radical (unpaired) electrons. The molecule has 0 saturated heterocycles. The van der Waals surface area contributed by atoms with Gasteiger partial charge in [0.15, 0.2) is 0 Å². The van der Waals surface area contributed by atoms with Gasteiger partial charge >= 0.3 is 251 Å². The van der Waals surface area contributed by atoms with E-state index < -0.39 is 33.8 Å². The first-order chi connectivity index (χ1) is 20.8. The van der Waals surface area contributed by atoms with Crippen LogP contribution in [0, 0.1) is 0 Å². The van der Waals surface area contributed by atoms with Crippen LogP contribution in [0.5, 0.6) is 0 Å². The van der Waals surface area contributed by atoms with Gasteiger partial charge in [0, 0.05) is 0 Å². The van der Waals surface area contributed by atoms with E-state index in [0.29, 0.717) is 21.2 Å². The minimum absolute atomic E-state index is 0.147. The van der Waals surface area contributed by atoms with Crippen molar-refractivity contribution in [2.24, 2.45) is 0 Å². The first-order valence-electron chi connectivity index (χ1n) is 13.3. The standard InChI is InChI=1S/C34H29O7PS/c1-39-33(35)26-23-27(34(36)40-2)25-32(24-26)43(37,38)41-42(28-15-7-3-8-16-28,29-17-9-4-10-18-29,30-19-11-5-12-20-30)31-21-13-6-14-22-31/h3-25H,1-2H3. The molecular formula is C34H29O7PS. The number of carbonyl (C=O) groups is 2. The van der Waals surface area contributed by atoms with Gasteiger partial charge in [0.25, 0.3) is 0 Å². The summed E-state index contributed by atoms with van der Waals surface area (Å²) in [6.45, 7) is -4.64. The molecule has 218 valence electrons. The quantitative estimate of drug-likeness (QED) is 0.175. The molecule has 0 N–H and O–H groups in total. The van der Waals surface area contributed by atoms with E-state index in [2.05, 4.69) is 0 Å². The van der Waals surface area contributed by atoms with Crippen LogP contribution in [0.3, 0.4) is 0 Å². The van der Waals surface area contributed by atoms with E-state index in [-0.39, 0.29) is 11.1 Å². The number of rotatable bonds is 9. The normalized spacial score (nSPS) is 12.5. The number of benzene rings is 5. The van der Waals surface area contributed by atoms with Gasteiger partial charge in [-0.25, -0.2) is 0 Å². The van der Waals surface area contributed by atoms with Crippen molar-refractivity contribution in [3.63, 3.8) is 0 Å². The van der Waals surface area contributed by atoms with Gasteiger partial charge in [-0.05, 0) is 0 Å². The molecule has 0 bridgehead atoms. The Labute approximate surface area is 250 Å².